The summed E-state index contributed by atoms with van der Waals surface area (Å²) in [5, 5.41) is 15.1. The molecule has 1 amide bonds. The van der Waals surface area contributed by atoms with E-state index in [1.54, 1.807) is 13.8 Å². The highest BCUT2D eigenvalue weighted by Crippen LogP contribution is 2.14. The topological polar surface area (TPSA) is 127 Å². The maximum absolute atomic E-state index is 12.1. The van der Waals surface area contributed by atoms with Gasteiger partial charge in [-0.15, -0.1) is 0 Å². The predicted molar refractivity (Wildman–Crippen MR) is 73.8 cm³/mol. The molecule has 8 nitrogen and oxygen atoms in total. The first-order chi connectivity index (χ1) is 9.65. The normalized spacial score (nSPS) is 12.9. The second kappa shape index (κ2) is 6.70. The van der Waals surface area contributed by atoms with Crippen molar-refractivity contribution in [2.24, 2.45) is 0 Å². The largest absolute Gasteiger partial charge is 0.480 e. The number of nitrogens with one attached hydrogen (secondary N) is 1. The SMILES string of the molecule is CCc1noc(C)c1C(=O)NC(CCS(C)(=O)=O)C(=O)O. The zero-order chi connectivity index (χ0) is 16.2. The van der Waals surface area contributed by atoms with Crippen LogP contribution in [0.4, 0.5) is 0 Å². The molecule has 21 heavy (non-hydrogen) atoms. The van der Waals surface area contributed by atoms with Crippen LogP contribution in [0.1, 0.15) is 35.2 Å². The van der Waals surface area contributed by atoms with Gasteiger partial charge >= 0.3 is 5.97 Å². The Morgan fingerprint density at radius 2 is 2.05 bits per heavy atom. The van der Waals surface area contributed by atoms with Gasteiger partial charge in [-0.25, -0.2) is 13.2 Å². The molecule has 1 atom stereocenters. The Bertz CT molecular complexity index is 634. The van der Waals surface area contributed by atoms with Gasteiger partial charge in [-0.05, 0) is 19.8 Å². The van der Waals surface area contributed by atoms with Gasteiger partial charge in [0.1, 0.15) is 27.2 Å². The van der Waals surface area contributed by atoms with Gasteiger partial charge in [0.15, 0.2) is 0 Å². The number of carbonyl (C=O) groups is 2. The van der Waals surface area contributed by atoms with E-state index in [9.17, 15) is 18.0 Å². The summed E-state index contributed by atoms with van der Waals surface area (Å²) >= 11 is 0. The summed E-state index contributed by atoms with van der Waals surface area (Å²) < 4.78 is 27.1. The van der Waals surface area contributed by atoms with E-state index >= 15 is 0 Å². The second-order valence-electron chi connectivity index (χ2n) is 4.70. The van der Waals surface area contributed by atoms with Crippen molar-refractivity contribution in [3.05, 3.63) is 17.0 Å². The standard InChI is InChI=1S/C12H18N2O6S/c1-4-8-10(7(2)20-14-8)11(15)13-9(12(16)17)5-6-21(3,18)19/h9H,4-6H2,1-3H3,(H,13,15)(H,16,17). The maximum atomic E-state index is 12.1. The molecule has 1 heterocycles. The lowest BCUT2D eigenvalue weighted by Gasteiger charge is -2.13. The van der Waals surface area contributed by atoms with Crippen LogP contribution in [-0.4, -0.2) is 48.6 Å². The molecule has 0 aliphatic heterocycles. The van der Waals surface area contributed by atoms with Gasteiger partial charge in [0.25, 0.3) is 5.91 Å². The minimum Gasteiger partial charge on any atom is -0.480 e. The number of hydrogen-bond donors (Lipinski definition) is 2. The molecule has 118 valence electrons. The Kier molecular flexibility index (Phi) is 5.47. The first-order valence-corrected chi connectivity index (χ1v) is 8.38. The minimum atomic E-state index is -3.31. The Balaban J connectivity index is 2.86. The van der Waals surface area contributed by atoms with Crippen LogP contribution in [-0.2, 0) is 21.1 Å². The zero-order valence-corrected chi connectivity index (χ0v) is 12.9. The van der Waals surface area contributed by atoms with Crippen molar-refractivity contribution in [2.75, 3.05) is 12.0 Å². The lowest BCUT2D eigenvalue weighted by atomic mass is 10.1. The highest BCUT2D eigenvalue weighted by molar-refractivity contribution is 7.90. The first-order valence-electron chi connectivity index (χ1n) is 6.32. The molecule has 1 aromatic heterocycles. The number of carboxylic acid groups (broad SMARTS) is 1. The first kappa shape index (κ1) is 17.2. The fourth-order valence-corrected chi connectivity index (χ4v) is 2.43. The van der Waals surface area contributed by atoms with Crippen LogP contribution in [0, 0.1) is 6.92 Å². The highest BCUT2D eigenvalue weighted by Gasteiger charge is 2.26. The summed E-state index contributed by atoms with van der Waals surface area (Å²) in [5.74, 6) is -1.96. The third-order valence-corrected chi connectivity index (χ3v) is 3.85. The van der Waals surface area contributed by atoms with Crippen LogP contribution in [0.25, 0.3) is 0 Å². The highest BCUT2D eigenvalue weighted by atomic mass is 32.2. The number of carbonyl (C=O) groups excluding carboxylic acids is 1. The van der Waals surface area contributed by atoms with Crippen molar-refractivity contribution in [3.63, 3.8) is 0 Å². The molecule has 0 radical (unpaired) electrons. The van der Waals surface area contributed by atoms with Crippen molar-refractivity contribution in [1.82, 2.24) is 10.5 Å². The van der Waals surface area contributed by atoms with Crippen molar-refractivity contribution in [3.8, 4) is 0 Å². The number of aryl methyl sites for hydroxylation is 2. The molecule has 1 rings (SSSR count). The van der Waals surface area contributed by atoms with Crippen LogP contribution in [0.15, 0.2) is 4.52 Å². The fourth-order valence-electron chi connectivity index (χ4n) is 1.77. The van der Waals surface area contributed by atoms with Gasteiger partial charge in [0, 0.05) is 6.26 Å². The van der Waals surface area contributed by atoms with Crippen LogP contribution < -0.4 is 5.32 Å². The summed E-state index contributed by atoms with van der Waals surface area (Å²) in [5.41, 5.74) is 0.625. The third-order valence-electron chi connectivity index (χ3n) is 2.88. The van der Waals surface area contributed by atoms with Gasteiger partial charge in [-0.3, -0.25) is 4.79 Å². The quantitative estimate of drug-likeness (QED) is 0.733. The van der Waals surface area contributed by atoms with Crippen LogP contribution >= 0.6 is 0 Å². The molecule has 0 saturated heterocycles. The van der Waals surface area contributed by atoms with E-state index in [0.717, 1.165) is 6.26 Å². The number of carboxylic acids is 1. The van der Waals surface area contributed by atoms with Crippen molar-refractivity contribution in [1.29, 1.82) is 0 Å². The Hall–Kier alpha value is -1.90. The van der Waals surface area contributed by atoms with E-state index in [0.29, 0.717) is 12.1 Å². The molecule has 9 heteroatoms. The molecule has 0 spiro atoms. The van der Waals surface area contributed by atoms with E-state index < -0.39 is 27.8 Å². The van der Waals surface area contributed by atoms with E-state index in [1.165, 1.54) is 0 Å². The minimum absolute atomic E-state index is 0.197. The van der Waals surface area contributed by atoms with E-state index in [4.69, 9.17) is 9.63 Å². The lowest BCUT2D eigenvalue weighted by molar-refractivity contribution is -0.139. The van der Waals surface area contributed by atoms with Gasteiger partial charge in [-0.2, -0.15) is 0 Å². The van der Waals surface area contributed by atoms with Gasteiger partial charge in [0.05, 0.1) is 11.4 Å². The smallest absolute Gasteiger partial charge is 0.326 e. The van der Waals surface area contributed by atoms with Crippen molar-refractivity contribution < 1.29 is 27.6 Å². The number of rotatable bonds is 7. The van der Waals surface area contributed by atoms with Crippen LogP contribution in [0.3, 0.4) is 0 Å². The lowest BCUT2D eigenvalue weighted by Crippen LogP contribution is -2.42. The van der Waals surface area contributed by atoms with Crippen molar-refractivity contribution >= 4 is 21.7 Å². The molecule has 1 aromatic rings. The van der Waals surface area contributed by atoms with Crippen molar-refractivity contribution in [2.45, 2.75) is 32.7 Å². The van der Waals surface area contributed by atoms with Gasteiger partial charge in [0.2, 0.25) is 0 Å². The molecule has 0 bridgehead atoms. The number of sulfone groups is 1. The number of hydrogen-bond acceptors (Lipinski definition) is 6. The molecular formula is C12H18N2O6S. The second-order valence-corrected chi connectivity index (χ2v) is 6.96. The molecule has 0 saturated carbocycles. The maximum Gasteiger partial charge on any atom is 0.326 e. The summed E-state index contributed by atoms with van der Waals surface area (Å²) in [6.45, 7) is 3.33. The molecule has 0 aromatic carbocycles. The van der Waals surface area contributed by atoms with Crippen LogP contribution in [0.5, 0.6) is 0 Å². The molecule has 0 aliphatic rings. The van der Waals surface area contributed by atoms with Crippen LogP contribution in [0.2, 0.25) is 0 Å². The van der Waals surface area contributed by atoms with Gasteiger partial charge < -0.3 is 14.9 Å². The molecule has 0 fully saturated rings. The number of aliphatic carboxylic acids is 1. The van der Waals surface area contributed by atoms with E-state index in [2.05, 4.69) is 10.5 Å². The predicted octanol–water partition coefficient (Wildman–Crippen LogP) is 0.163. The molecule has 0 aliphatic carbocycles. The summed E-state index contributed by atoms with van der Waals surface area (Å²) in [6, 6.07) is -1.29. The molecule has 2 N–H and O–H groups in total. The Labute approximate surface area is 122 Å². The number of amides is 1. The van der Waals surface area contributed by atoms with E-state index in [-0.39, 0.29) is 23.5 Å². The summed E-state index contributed by atoms with van der Waals surface area (Å²) in [4.78, 5) is 23.2. The number of nitrogens with zero attached hydrogens (tertiary/aromatic N) is 1. The third kappa shape index (κ3) is 4.85. The monoisotopic (exact) mass is 318 g/mol. The fraction of sp³-hybridized carbons (Fsp3) is 0.583. The molecule has 1 unspecified atom stereocenters. The number of aromatic nitrogens is 1. The average molecular weight is 318 g/mol. The Morgan fingerprint density at radius 1 is 1.43 bits per heavy atom. The zero-order valence-electron chi connectivity index (χ0n) is 12.0. The average Bonchev–Trinajstić information content (AvgIpc) is 2.73. The molecular weight excluding hydrogens is 300 g/mol. The summed E-state index contributed by atoms with van der Waals surface area (Å²) in [7, 11) is -3.31. The summed E-state index contributed by atoms with van der Waals surface area (Å²) in [6.07, 6.45) is 1.26. The Morgan fingerprint density at radius 3 is 2.52 bits per heavy atom. The van der Waals surface area contributed by atoms with E-state index in [1.807, 2.05) is 0 Å². The van der Waals surface area contributed by atoms with Gasteiger partial charge in [-0.1, -0.05) is 12.1 Å².